The molecule has 8 nitrogen and oxygen atoms in total. The average Bonchev–Trinajstić information content (AvgIpc) is 2.34. The molecule has 0 aromatic carbocycles. The first-order valence-corrected chi connectivity index (χ1v) is 5.91. The van der Waals surface area contributed by atoms with E-state index in [0.717, 1.165) is 0 Å². The summed E-state index contributed by atoms with van der Waals surface area (Å²) in [5.74, 6) is 5.15. The largest absolute Gasteiger partial charge is 0.334 e. The SMILES string of the molecule is CC1C(=O)NC(=O)CN1c1nc(NN)ncc1Br. The lowest BCUT2D eigenvalue weighted by atomic mass is 10.2. The molecule has 1 saturated heterocycles. The topological polar surface area (TPSA) is 113 Å². The van der Waals surface area contributed by atoms with Gasteiger partial charge in [0, 0.05) is 6.20 Å². The molecule has 0 spiro atoms. The number of carbonyl (C=O) groups is 2. The van der Waals surface area contributed by atoms with Crippen molar-refractivity contribution in [2.24, 2.45) is 5.84 Å². The smallest absolute Gasteiger partial charge is 0.249 e. The summed E-state index contributed by atoms with van der Waals surface area (Å²) in [4.78, 5) is 32.6. The monoisotopic (exact) mass is 314 g/mol. The molecule has 1 aliphatic rings. The van der Waals surface area contributed by atoms with E-state index in [1.54, 1.807) is 11.8 Å². The minimum Gasteiger partial charge on any atom is -0.334 e. The van der Waals surface area contributed by atoms with Crippen LogP contribution in [0.4, 0.5) is 11.8 Å². The van der Waals surface area contributed by atoms with Gasteiger partial charge in [0.2, 0.25) is 17.8 Å². The Morgan fingerprint density at radius 3 is 3.00 bits per heavy atom. The maximum atomic E-state index is 11.6. The van der Waals surface area contributed by atoms with Gasteiger partial charge in [-0.3, -0.25) is 20.3 Å². The predicted octanol–water partition coefficient (Wildman–Crippen LogP) is -0.624. The summed E-state index contributed by atoms with van der Waals surface area (Å²) in [6.45, 7) is 1.73. The number of amides is 2. The maximum absolute atomic E-state index is 11.6. The summed E-state index contributed by atoms with van der Waals surface area (Å²) < 4.78 is 0.579. The summed E-state index contributed by atoms with van der Waals surface area (Å²) in [6, 6.07) is -0.500. The molecule has 1 atom stereocenters. The highest BCUT2D eigenvalue weighted by Crippen LogP contribution is 2.26. The second kappa shape index (κ2) is 4.86. The van der Waals surface area contributed by atoms with E-state index in [9.17, 15) is 9.59 Å². The number of nitrogens with two attached hydrogens (primary N) is 1. The molecule has 2 amide bonds. The Kier molecular flexibility index (Phi) is 3.43. The van der Waals surface area contributed by atoms with E-state index in [2.05, 4.69) is 36.6 Å². The number of piperazine rings is 1. The zero-order valence-corrected chi connectivity index (χ0v) is 11.1. The Hall–Kier alpha value is -1.74. The number of nitrogen functional groups attached to an aromatic ring is 1. The summed E-state index contributed by atoms with van der Waals surface area (Å²) in [7, 11) is 0. The maximum Gasteiger partial charge on any atom is 0.249 e. The molecule has 2 rings (SSSR count). The van der Waals surface area contributed by atoms with Gasteiger partial charge in [0.25, 0.3) is 0 Å². The van der Waals surface area contributed by atoms with Crippen LogP contribution in [0, 0.1) is 0 Å². The van der Waals surface area contributed by atoms with Crippen LogP contribution in [-0.4, -0.2) is 34.4 Å². The molecule has 1 fully saturated rings. The van der Waals surface area contributed by atoms with Crippen LogP contribution >= 0.6 is 15.9 Å². The molecule has 96 valence electrons. The van der Waals surface area contributed by atoms with Crippen molar-refractivity contribution < 1.29 is 9.59 Å². The third kappa shape index (κ3) is 2.27. The number of rotatable bonds is 2. The number of hydrazine groups is 1. The van der Waals surface area contributed by atoms with Gasteiger partial charge in [0.1, 0.15) is 11.9 Å². The van der Waals surface area contributed by atoms with Crippen molar-refractivity contribution >= 4 is 39.5 Å². The fourth-order valence-corrected chi connectivity index (χ4v) is 2.02. The van der Waals surface area contributed by atoms with E-state index >= 15 is 0 Å². The molecule has 2 heterocycles. The van der Waals surface area contributed by atoms with Gasteiger partial charge in [-0.2, -0.15) is 4.98 Å². The van der Waals surface area contributed by atoms with Crippen LogP contribution in [0.2, 0.25) is 0 Å². The van der Waals surface area contributed by atoms with Crippen LogP contribution in [0.1, 0.15) is 6.92 Å². The van der Waals surface area contributed by atoms with Crippen molar-refractivity contribution in [2.75, 3.05) is 16.9 Å². The molecular formula is C9H11BrN6O2. The fourth-order valence-electron chi connectivity index (χ4n) is 1.60. The van der Waals surface area contributed by atoms with E-state index in [4.69, 9.17) is 5.84 Å². The molecule has 9 heteroatoms. The van der Waals surface area contributed by atoms with Crippen LogP contribution in [-0.2, 0) is 9.59 Å². The van der Waals surface area contributed by atoms with Crippen LogP contribution in [0.25, 0.3) is 0 Å². The molecule has 0 aliphatic carbocycles. The highest BCUT2D eigenvalue weighted by molar-refractivity contribution is 9.10. The van der Waals surface area contributed by atoms with E-state index in [1.165, 1.54) is 6.20 Å². The Balaban J connectivity index is 2.40. The number of hydrogen-bond donors (Lipinski definition) is 3. The number of hydrogen-bond acceptors (Lipinski definition) is 7. The zero-order chi connectivity index (χ0) is 13.3. The van der Waals surface area contributed by atoms with Gasteiger partial charge in [0.05, 0.1) is 11.0 Å². The molecular weight excluding hydrogens is 304 g/mol. The normalized spacial score (nSPS) is 19.7. The lowest BCUT2D eigenvalue weighted by Crippen LogP contribution is -2.57. The van der Waals surface area contributed by atoms with E-state index in [0.29, 0.717) is 10.3 Å². The van der Waals surface area contributed by atoms with Crippen LogP contribution in [0.3, 0.4) is 0 Å². The van der Waals surface area contributed by atoms with Gasteiger partial charge < -0.3 is 4.90 Å². The van der Waals surface area contributed by atoms with E-state index in [-0.39, 0.29) is 24.3 Å². The molecule has 0 bridgehead atoms. The van der Waals surface area contributed by atoms with Crippen LogP contribution in [0.5, 0.6) is 0 Å². The lowest BCUT2D eigenvalue weighted by Gasteiger charge is -2.33. The average molecular weight is 315 g/mol. The fraction of sp³-hybridized carbons (Fsp3) is 0.333. The number of halogens is 1. The third-order valence-corrected chi connectivity index (χ3v) is 3.11. The quantitative estimate of drug-likeness (QED) is 0.378. The second-order valence-electron chi connectivity index (χ2n) is 3.73. The van der Waals surface area contributed by atoms with Gasteiger partial charge >= 0.3 is 0 Å². The number of nitrogens with one attached hydrogen (secondary N) is 2. The molecule has 1 aliphatic heterocycles. The van der Waals surface area contributed by atoms with E-state index in [1.807, 2.05) is 0 Å². The molecule has 4 N–H and O–H groups in total. The van der Waals surface area contributed by atoms with Crippen LogP contribution in [0.15, 0.2) is 10.7 Å². The number of carbonyl (C=O) groups excluding carboxylic acids is 2. The molecule has 18 heavy (non-hydrogen) atoms. The first kappa shape index (κ1) is 12.7. The molecule has 0 saturated carbocycles. The van der Waals surface area contributed by atoms with Gasteiger partial charge in [0.15, 0.2) is 0 Å². The predicted molar refractivity (Wildman–Crippen MR) is 67.5 cm³/mol. The summed E-state index contributed by atoms with van der Waals surface area (Å²) in [5, 5.41) is 2.26. The van der Waals surface area contributed by atoms with Gasteiger partial charge in [-0.15, -0.1) is 0 Å². The van der Waals surface area contributed by atoms with Crippen molar-refractivity contribution in [1.82, 2.24) is 15.3 Å². The number of aromatic nitrogens is 2. The number of nitrogens with zero attached hydrogens (tertiary/aromatic N) is 3. The summed E-state index contributed by atoms with van der Waals surface area (Å²) in [6.07, 6.45) is 1.50. The minimum atomic E-state index is -0.500. The van der Waals surface area contributed by atoms with Crippen molar-refractivity contribution in [1.29, 1.82) is 0 Å². The summed E-state index contributed by atoms with van der Waals surface area (Å²) >= 11 is 3.28. The third-order valence-electron chi connectivity index (χ3n) is 2.55. The van der Waals surface area contributed by atoms with Crippen LogP contribution < -0.4 is 21.5 Å². The Morgan fingerprint density at radius 2 is 2.33 bits per heavy atom. The van der Waals surface area contributed by atoms with E-state index < -0.39 is 6.04 Å². The zero-order valence-electron chi connectivity index (χ0n) is 9.48. The second-order valence-corrected chi connectivity index (χ2v) is 4.58. The van der Waals surface area contributed by atoms with Gasteiger partial charge in [-0.05, 0) is 22.9 Å². The number of anilines is 2. The summed E-state index contributed by atoms with van der Waals surface area (Å²) in [5.41, 5.74) is 2.32. The standard InChI is InChI=1S/C9H11BrN6O2/c1-4-8(18)13-6(17)3-16(4)7-5(10)2-12-9(14-7)15-11/h2,4H,3,11H2,1H3,(H,12,14,15)(H,13,17,18). The molecule has 1 aromatic rings. The highest BCUT2D eigenvalue weighted by atomic mass is 79.9. The molecule has 1 unspecified atom stereocenters. The van der Waals surface area contributed by atoms with Crippen molar-refractivity contribution in [3.05, 3.63) is 10.7 Å². The highest BCUT2D eigenvalue weighted by Gasteiger charge is 2.32. The Morgan fingerprint density at radius 1 is 1.61 bits per heavy atom. The Labute approximate surface area is 111 Å². The first-order valence-electron chi connectivity index (χ1n) is 5.12. The van der Waals surface area contributed by atoms with Crippen molar-refractivity contribution in [3.8, 4) is 0 Å². The number of imide groups is 1. The molecule has 1 aromatic heterocycles. The Bertz CT molecular complexity index is 508. The van der Waals surface area contributed by atoms with Gasteiger partial charge in [-0.1, -0.05) is 0 Å². The van der Waals surface area contributed by atoms with Crippen molar-refractivity contribution in [3.63, 3.8) is 0 Å². The minimum absolute atomic E-state index is 0.0481. The lowest BCUT2D eigenvalue weighted by molar-refractivity contribution is -0.132. The molecule has 0 radical (unpaired) electrons. The van der Waals surface area contributed by atoms with Gasteiger partial charge in [-0.25, -0.2) is 10.8 Å². The van der Waals surface area contributed by atoms with Crippen molar-refractivity contribution in [2.45, 2.75) is 13.0 Å². The first-order chi connectivity index (χ1) is 8.52.